The van der Waals surface area contributed by atoms with Gasteiger partial charge in [-0.2, -0.15) is 0 Å². The third-order valence-electron chi connectivity index (χ3n) is 17.2. The number of furan rings is 1. The number of rotatable bonds is 7. The molecule has 0 saturated heterocycles. The SMILES string of the molecule is C[C@]12CC[C@H]3[C@]4(C=C[C@@]5(C=C4C(=O)c4ccco4)CC(O)CC[C@]35C)[C@@H]1CC[C@@]2(O)CN(CC12CC3CC(CC(C3)C1)C2)C(=O)Nc1ccccc1. The van der Waals surface area contributed by atoms with E-state index in [-0.39, 0.29) is 39.9 Å². The first-order chi connectivity index (χ1) is 24.9. The molecule has 1 aromatic heterocycles. The van der Waals surface area contributed by atoms with Crippen LogP contribution in [0.15, 0.2) is 76.9 Å². The lowest BCUT2D eigenvalue weighted by molar-refractivity contribution is -0.176. The molecule has 2 amide bonds. The third-order valence-corrected chi connectivity index (χ3v) is 17.2. The second-order valence-corrected chi connectivity index (χ2v) is 19.7. The van der Waals surface area contributed by atoms with Gasteiger partial charge in [0.05, 0.1) is 24.5 Å². The van der Waals surface area contributed by atoms with Gasteiger partial charge in [0, 0.05) is 34.1 Å². The van der Waals surface area contributed by atoms with E-state index in [1.807, 2.05) is 35.2 Å². The van der Waals surface area contributed by atoms with Crippen molar-refractivity contribution < 1.29 is 24.2 Å². The summed E-state index contributed by atoms with van der Waals surface area (Å²) in [5.74, 6) is 2.83. The first-order valence-electron chi connectivity index (χ1n) is 20.4. The normalized spacial score (nSPS) is 46.3. The van der Waals surface area contributed by atoms with Gasteiger partial charge in [0.2, 0.25) is 5.78 Å². The Morgan fingerprint density at radius 2 is 1.50 bits per heavy atom. The standard InChI is InChI=1S/C45H56N2O5/c1-40-13-10-33(48)25-43(40)16-17-45(34(26-43)38(49)35-9-6-18-52-35)36(40)11-14-41(2)37(45)12-15-44(41,51)28-47(39(50)46-32-7-4-3-5-8-32)27-42-22-29-19-30(23-42)21-31(20-29)24-42/h3-9,16-18,26,29-31,33,36-37,48,51H,10-15,19-25,27-28H2,1-2H3,(H,46,50)/t29?,30?,31?,33?,36-,37-,40-,41+,42?,43+,44-,45-/m1/s1. The fourth-order valence-electron chi connectivity index (χ4n) is 15.3. The quantitative estimate of drug-likeness (QED) is 0.198. The van der Waals surface area contributed by atoms with E-state index in [1.54, 1.807) is 18.4 Å². The first-order valence-corrected chi connectivity index (χ1v) is 20.4. The number of para-hydroxylation sites is 1. The zero-order valence-electron chi connectivity index (χ0n) is 31.0. The predicted molar refractivity (Wildman–Crippen MR) is 199 cm³/mol. The second kappa shape index (κ2) is 11.2. The zero-order valence-corrected chi connectivity index (χ0v) is 31.0. The Hall–Kier alpha value is -3.16. The number of aliphatic hydroxyl groups is 2. The molecule has 1 unspecified atom stereocenters. The molecule has 0 aliphatic heterocycles. The summed E-state index contributed by atoms with van der Waals surface area (Å²) in [6, 6.07) is 13.2. The monoisotopic (exact) mass is 704 g/mol. The van der Waals surface area contributed by atoms with Gasteiger partial charge in [0.1, 0.15) is 0 Å². The molecule has 1 aromatic carbocycles. The molecule has 2 aromatic rings. The largest absolute Gasteiger partial charge is 0.461 e. The lowest BCUT2D eigenvalue weighted by Crippen LogP contribution is -2.67. The van der Waals surface area contributed by atoms with Crippen molar-refractivity contribution in [2.24, 2.45) is 56.7 Å². The molecule has 2 spiro atoms. The van der Waals surface area contributed by atoms with Gasteiger partial charge in [-0.05, 0) is 148 Å². The Morgan fingerprint density at radius 3 is 2.19 bits per heavy atom. The molecule has 7 nitrogen and oxygen atoms in total. The van der Waals surface area contributed by atoms with Crippen molar-refractivity contribution in [1.29, 1.82) is 0 Å². The van der Waals surface area contributed by atoms with Crippen molar-refractivity contribution in [2.45, 2.75) is 109 Å². The van der Waals surface area contributed by atoms with Gasteiger partial charge in [-0.1, -0.05) is 50.3 Å². The molecule has 10 aliphatic rings. The average Bonchev–Trinajstić information content (AvgIpc) is 3.74. The fraction of sp³-hybridized carbons (Fsp3) is 0.644. The van der Waals surface area contributed by atoms with E-state index in [0.717, 1.165) is 61.1 Å². The number of nitrogens with one attached hydrogen (secondary N) is 1. The van der Waals surface area contributed by atoms with E-state index in [4.69, 9.17) is 4.42 Å². The number of anilines is 1. The topological polar surface area (TPSA) is 103 Å². The van der Waals surface area contributed by atoms with E-state index >= 15 is 0 Å². The van der Waals surface area contributed by atoms with Crippen molar-refractivity contribution in [1.82, 2.24) is 4.90 Å². The first kappa shape index (κ1) is 33.4. The molecular weight excluding hydrogens is 649 g/mol. The Morgan fingerprint density at radius 1 is 0.827 bits per heavy atom. The summed E-state index contributed by atoms with van der Waals surface area (Å²) in [6.07, 6.45) is 21.2. The molecule has 6 bridgehead atoms. The molecule has 276 valence electrons. The maximum absolute atomic E-state index is 14.6. The molecule has 52 heavy (non-hydrogen) atoms. The maximum Gasteiger partial charge on any atom is 0.321 e. The minimum atomic E-state index is -1.12. The van der Waals surface area contributed by atoms with E-state index in [9.17, 15) is 19.8 Å². The summed E-state index contributed by atoms with van der Waals surface area (Å²) >= 11 is 0. The molecular formula is C45H56N2O5. The number of benzene rings is 1. The lowest BCUT2D eigenvalue weighted by atomic mass is 9.32. The van der Waals surface area contributed by atoms with Gasteiger partial charge in [-0.15, -0.1) is 0 Å². The molecule has 7 heteroatoms. The number of urea groups is 1. The van der Waals surface area contributed by atoms with Crippen LogP contribution in [0.2, 0.25) is 0 Å². The highest BCUT2D eigenvalue weighted by Crippen LogP contribution is 2.78. The summed E-state index contributed by atoms with van der Waals surface area (Å²) in [4.78, 5) is 31.1. The Balaban J connectivity index is 1.03. The van der Waals surface area contributed by atoms with Crippen LogP contribution < -0.4 is 5.32 Å². The van der Waals surface area contributed by atoms with Crippen LogP contribution in [-0.4, -0.2) is 51.7 Å². The Bertz CT molecular complexity index is 1800. The number of nitrogens with zero attached hydrogens (tertiary/aromatic N) is 1. The van der Waals surface area contributed by atoms with Gasteiger partial charge in [0.25, 0.3) is 0 Å². The van der Waals surface area contributed by atoms with Crippen LogP contribution >= 0.6 is 0 Å². The van der Waals surface area contributed by atoms with Crippen molar-refractivity contribution in [2.75, 3.05) is 18.4 Å². The van der Waals surface area contributed by atoms with Crippen LogP contribution in [0.3, 0.4) is 0 Å². The number of fused-ring (bicyclic) bond motifs is 1. The highest BCUT2D eigenvalue weighted by Gasteiger charge is 2.75. The number of carbonyl (C=O) groups excluding carboxylic acids is 2. The minimum Gasteiger partial charge on any atom is -0.461 e. The van der Waals surface area contributed by atoms with Crippen LogP contribution in [0.25, 0.3) is 0 Å². The van der Waals surface area contributed by atoms with Crippen LogP contribution in [0.5, 0.6) is 0 Å². The molecule has 3 N–H and O–H groups in total. The number of carbonyl (C=O) groups is 2. The number of hydrogen-bond acceptors (Lipinski definition) is 5. The van der Waals surface area contributed by atoms with Gasteiger partial charge in [-0.25, -0.2) is 4.79 Å². The number of ketones is 1. The lowest BCUT2D eigenvalue weighted by Gasteiger charge is -2.71. The van der Waals surface area contributed by atoms with E-state index in [1.165, 1.54) is 38.5 Å². The van der Waals surface area contributed by atoms with Gasteiger partial charge >= 0.3 is 6.03 Å². The number of hydrogen-bond donors (Lipinski definition) is 3. The smallest absolute Gasteiger partial charge is 0.321 e. The number of allylic oxidation sites excluding steroid dienone is 4. The molecule has 7 saturated carbocycles. The van der Waals surface area contributed by atoms with E-state index in [2.05, 4.69) is 37.4 Å². The van der Waals surface area contributed by atoms with Crippen LogP contribution in [0, 0.1) is 56.7 Å². The Labute approximate surface area is 308 Å². The molecule has 10 aliphatic carbocycles. The van der Waals surface area contributed by atoms with Gasteiger partial charge < -0.3 is 24.8 Å². The third kappa shape index (κ3) is 4.50. The predicted octanol–water partition coefficient (Wildman–Crippen LogP) is 8.80. The van der Waals surface area contributed by atoms with Gasteiger partial charge in [0.15, 0.2) is 5.76 Å². The molecule has 12 rings (SSSR count). The summed E-state index contributed by atoms with van der Waals surface area (Å²) in [5, 5.41) is 27.5. The number of Topliss-reactive ketones (excluding diaryl/α,β-unsaturated/α-hetero) is 1. The van der Waals surface area contributed by atoms with Crippen molar-refractivity contribution in [3.63, 3.8) is 0 Å². The molecule has 1 heterocycles. The number of aliphatic hydroxyl groups excluding tert-OH is 1. The zero-order chi connectivity index (χ0) is 35.7. The van der Waals surface area contributed by atoms with Crippen LogP contribution in [0.4, 0.5) is 10.5 Å². The van der Waals surface area contributed by atoms with Crippen molar-refractivity contribution in [3.05, 3.63) is 78.3 Å². The Kier molecular flexibility index (Phi) is 7.19. The summed E-state index contributed by atoms with van der Waals surface area (Å²) in [6.45, 7) is 5.68. The van der Waals surface area contributed by atoms with Crippen molar-refractivity contribution in [3.8, 4) is 0 Å². The molecule has 0 radical (unpaired) electrons. The second-order valence-electron chi connectivity index (χ2n) is 19.7. The summed E-state index contributed by atoms with van der Waals surface area (Å²) in [7, 11) is 0. The van der Waals surface area contributed by atoms with Crippen LogP contribution in [-0.2, 0) is 0 Å². The van der Waals surface area contributed by atoms with E-state index < -0.39 is 22.5 Å². The highest BCUT2D eigenvalue weighted by atomic mass is 16.3. The minimum absolute atomic E-state index is 0.0192. The average molecular weight is 705 g/mol. The van der Waals surface area contributed by atoms with E-state index in [0.29, 0.717) is 31.7 Å². The van der Waals surface area contributed by atoms with Gasteiger partial charge in [-0.3, -0.25) is 4.79 Å². The van der Waals surface area contributed by atoms with Crippen molar-refractivity contribution >= 4 is 17.5 Å². The summed E-state index contributed by atoms with van der Waals surface area (Å²) in [5.41, 5.74) is -0.983. The van der Waals surface area contributed by atoms with Crippen LogP contribution in [0.1, 0.15) is 108 Å². The fourth-order valence-corrected chi connectivity index (χ4v) is 15.3. The maximum atomic E-state index is 14.6. The molecule has 7 fully saturated rings. The molecule has 8 atom stereocenters. The highest BCUT2D eigenvalue weighted by molar-refractivity contribution is 6.08. The number of amides is 2. The summed E-state index contributed by atoms with van der Waals surface area (Å²) < 4.78 is 5.77.